The van der Waals surface area contributed by atoms with Gasteiger partial charge in [0.25, 0.3) is 0 Å². The molecule has 0 unspecified atom stereocenters. The van der Waals surface area contributed by atoms with E-state index in [0.29, 0.717) is 30.3 Å². The van der Waals surface area contributed by atoms with Crippen LogP contribution >= 0.6 is 0 Å². The number of hydrogen-bond donors (Lipinski definition) is 2. The molecule has 4 heteroatoms. The van der Waals surface area contributed by atoms with Gasteiger partial charge in [0.05, 0.1) is 0 Å². The van der Waals surface area contributed by atoms with Gasteiger partial charge in [-0.1, -0.05) is 6.07 Å². The quantitative estimate of drug-likeness (QED) is 0.823. The van der Waals surface area contributed by atoms with Gasteiger partial charge in [-0.05, 0) is 31.9 Å². The molecule has 0 aliphatic heterocycles. The molecule has 1 aromatic carbocycles. The largest absolute Gasteiger partial charge is 0.326 e. The lowest BCUT2D eigenvalue weighted by atomic mass is 10.2. The molecule has 0 bridgehead atoms. The summed E-state index contributed by atoms with van der Waals surface area (Å²) in [7, 11) is 0. The summed E-state index contributed by atoms with van der Waals surface area (Å²) in [4.78, 5) is 11.6. The molecular formula is C13H17FN2O. The summed E-state index contributed by atoms with van der Waals surface area (Å²) in [6, 6.07) is 5.31. The first kappa shape index (κ1) is 12.0. The number of carbonyl (C=O) groups excluding carboxylic acids is 1. The molecule has 1 saturated carbocycles. The number of amides is 1. The van der Waals surface area contributed by atoms with Crippen LogP contribution in [0.2, 0.25) is 0 Å². The van der Waals surface area contributed by atoms with E-state index in [0.717, 1.165) is 0 Å². The van der Waals surface area contributed by atoms with E-state index in [2.05, 4.69) is 10.6 Å². The molecule has 1 aliphatic carbocycles. The summed E-state index contributed by atoms with van der Waals surface area (Å²) in [6.07, 6.45) is 2.85. The highest BCUT2D eigenvalue weighted by atomic mass is 19.1. The van der Waals surface area contributed by atoms with Gasteiger partial charge < -0.3 is 10.6 Å². The molecule has 1 aliphatic rings. The summed E-state index contributed by atoms with van der Waals surface area (Å²) in [5.41, 5.74) is 1.04. The number of benzene rings is 1. The molecule has 2 N–H and O–H groups in total. The summed E-state index contributed by atoms with van der Waals surface area (Å²) in [5.74, 6) is -0.370. The fraction of sp³-hybridized carbons (Fsp3) is 0.462. The fourth-order valence-corrected chi connectivity index (χ4v) is 1.63. The van der Waals surface area contributed by atoms with Crippen molar-refractivity contribution in [3.63, 3.8) is 0 Å². The van der Waals surface area contributed by atoms with E-state index in [1.165, 1.54) is 18.9 Å². The Morgan fingerprint density at radius 1 is 1.47 bits per heavy atom. The van der Waals surface area contributed by atoms with E-state index in [-0.39, 0.29) is 11.7 Å². The zero-order valence-electron chi connectivity index (χ0n) is 9.92. The van der Waals surface area contributed by atoms with Crippen LogP contribution in [0.3, 0.4) is 0 Å². The van der Waals surface area contributed by atoms with Crippen molar-refractivity contribution in [3.05, 3.63) is 29.6 Å². The van der Waals surface area contributed by atoms with Gasteiger partial charge in [0.2, 0.25) is 5.91 Å². The second-order valence-corrected chi connectivity index (χ2v) is 4.44. The van der Waals surface area contributed by atoms with Gasteiger partial charge in [-0.15, -0.1) is 0 Å². The van der Waals surface area contributed by atoms with Crippen molar-refractivity contribution in [2.45, 2.75) is 32.2 Å². The zero-order valence-corrected chi connectivity index (χ0v) is 9.92. The number of nitrogens with one attached hydrogen (secondary N) is 2. The molecule has 0 aromatic heterocycles. The van der Waals surface area contributed by atoms with Gasteiger partial charge in [0.15, 0.2) is 0 Å². The zero-order chi connectivity index (χ0) is 12.3. The summed E-state index contributed by atoms with van der Waals surface area (Å²) in [5, 5.41) is 5.99. The van der Waals surface area contributed by atoms with Crippen LogP contribution < -0.4 is 10.6 Å². The van der Waals surface area contributed by atoms with Gasteiger partial charge in [0.1, 0.15) is 5.82 Å². The van der Waals surface area contributed by atoms with Crippen molar-refractivity contribution in [1.29, 1.82) is 0 Å². The predicted molar refractivity (Wildman–Crippen MR) is 65.4 cm³/mol. The van der Waals surface area contributed by atoms with Gasteiger partial charge in [0, 0.05) is 30.3 Å². The van der Waals surface area contributed by atoms with Gasteiger partial charge in [-0.3, -0.25) is 4.79 Å². The summed E-state index contributed by atoms with van der Waals surface area (Å²) in [6.45, 7) is 2.35. The number of halogens is 1. The van der Waals surface area contributed by atoms with Crippen molar-refractivity contribution >= 4 is 11.6 Å². The van der Waals surface area contributed by atoms with Crippen LogP contribution in [0.4, 0.5) is 10.1 Å². The maximum atomic E-state index is 13.2. The lowest BCUT2D eigenvalue weighted by Crippen LogP contribution is -2.23. The number of hydrogen-bond acceptors (Lipinski definition) is 2. The predicted octanol–water partition coefficient (Wildman–Crippen LogP) is 2.21. The Hall–Kier alpha value is -1.42. The highest BCUT2D eigenvalue weighted by Gasteiger charge is 2.20. The first-order chi connectivity index (χ1) is 8.16. The van der Waals surface area contributed by atoms with E-state index in [9.17, 15) is 9.18 Å². The van der Waals surface area contributed by atoms with Crippen LogP contribution in [-0.4, -0.2) is 18.5 Å². The topological polar surface area (TPSA) is 41.1 Å². The highest BCUT2D eigenvalue weighted by molar-refractivity contribution is 5.91. The molecule has 0 heterocycles. The van der Waals surface area contributed by atoms with E-state index >= 15 is 0 Å². The molecular weight excluding hydrogens is 219 g/mol. The standard InChI is InChI=1S/C13H17FN2O/c1-9-11(14)3-2-4-12(9)16-13(17)7-8-15-10-5-6-10/h2-4,10,15H,5-8H2,1H3,(H,16,17). The minimum atomic E-state index is -0.293. The maximum absolute atomic E-state index is 13.2. The van der Waals surface area contributed by atoms with Crippen LogP contribution in [0, 0.1) is 12.7 Å². The second-order valence-electron chi connectivity index (χ2n) is 4.44. The molecule has 2 rings (SSSR count). The molecule has 0 saturated heterocycles. The Bertz CT molecular complexity index is 416. The Kier molecular flexibility index (Phi) is 3.74. The molecule has 0 radical (unpaired) electrons. The Morgan fingerprint density at radius 2 is 2.24 bits per heavy atom. The first-order valence-corrected chi connectivity index (χ1v) is 5.95. The van der Waals surface area contributed by atoms with Crippen LogP contribution in [-0.2, 0) is 4.79 Å². The number of carbonyl (C=O) groups is 1. The van der Waals surface area contributed by atoms with Crippen molar-refractivity contribution in [2.24, 2.45) is 0 Å². The van der Waals surface area contributed by atoms with Crippen LogP contribution in [0.15, 0.2) is 18.2 Å². The molecule has 0 spiro atoms. The molecule has 17 heavy (non-hydrogen) atoms. The molecule has 92 valence electrons. The van der Waals surface area contributed by atoms with E-state index in [1.807, 2.05) is 0 Å². The van der Waals surface area contributed by atoms with E-state index in [1.54, 1.807) is 19.1 Å². The molecule has 1 amide bonds. The third-order valence-corrected chi connectivity index (χ3v) is 2.90. The lowest BCUT2D eigenvalue weighted by molar-refractivity contribution is -0.116. The number of rotatable bonds is 5. The summed E-state index contributed by atoms with van der Waals surface area (Å²) < 4.78 is 13.2. The average Bonchev–Trinajstić information content (AvgIpc) is 3.09. The Labute approximate surface area is 100 Å². The van der Waals surface area contributed by atoms with E-state index in [4.69, 9.17) is 0 Å². The van der Waals surface area contributed by atoms with E-state index < -0.39 is 0 Å². The third kappa shape index (κ3) is 3.53. The monoisotopic (exact) mass is 236 g/mol. The summed E-state index contributed by atoms with van der Waals surface area (Å²) >= 11 is 0. The van der Waals surface area contributed by atoms with Gasteiger partial charge >= 0.3 is 0 Å². The van der Waals surface area contributed by atoms with Gasteiger partial charge in [-0.2, -0.15) is 0 Å². The van der Waals surface area contributed by atoms with Crippen molar-refractivity contribution in [3.8, 4) is 0 Å². The number of anilines is 1. The van der Waals surface area contributed by atoms with Crippen LogP contribution in [0.25, 0.3) is 0 Å². The molecule has 0 atom stereocenters. The second kappa shape index (κ2) is 5.27. The Morgan fingerprint density at radius 3 is 2.94 bits per heavy atom. The molecule has 1 aromatic rings. The molecule has 1 fully saturated rings. The van der Waals surface area contributed by atoms with Crippen molar-refractivity contribution in [1.82, 2.24) is 5.32 Å². The Balaban J connectivity index is 1.82. The highest BCUT2D eigenvalue weighted by Crippen LogP contribution is 2.19. The smallest absolute Gasteiger partial charge is 0.225 e. The third-order valence-electron chi connectivity index (χ3n) is 2.90. The minimum Gasteiger partial charge on any atom is -0.326 e. The maximum Gasteiger partial charge on any atom is 0.225 e. The van der Waals surface area contributed by atoms with Crippen LogP contribution in [0.5, 0.6) is 0 Å². The average molecular weight is 236 g/mol. The lowest BCUT2D eigenvalue weighted by Gasteiger charge is -2.09. The molecule has 3 nitrogen and oxygen atoms in total. The fourth-order valence-electron chi connectivity index (χ4n) is 1.63. The SMILES string of the molecule is Cc1c(F)cccc1NC(=O)CCNC1CC1. The normalized spacial score (nSPS) is 14.7. The van der Waals surface area contributed by atoms with Gasteiger partial charge in [-0.25, -0.2) is 4.39 Å². The van der Waals surface area contributed by atoms with Crippen LogP contribution in [0.1, 0.15) is 24.8 Å². The van der Waals surface area contributed by atoms with Crippen molar-refractivity contribution in [2.75, 3.05) is 11.9 Å². The first-order valence-electron chi connectivity index (χ1n) is 5.95. The van der Waals surface area contributed by atoms with Crippen molar-refractivity contribution < 1.29 is 9.18 Å². The minimum absolute atomic E-state index is 0.0770.